The van der Waals surface area contributed by atoms with Gasteiger partial charge in [0.2, 0.25) is 0 Å². The molecule has 0 aromatic heterocycles. The normalized spacial score (nSPS) is 20.0. The molecule has 2 heterocycles. The van der Waals surface area contributed by atoms with E-state index in [4.69, 9.17) is 21.1 Å². The van der Waals surface area contributed by atoms with Crippen molar-refractivity contribution in [2.75, 3.05) is 32.0 Å². The first-order chi connectivity index (χ1) is 16.7. The van der Waals surface area contributed by atoms with Crippen molar-refractivity contribution in [3.63, 3.8) is 0 Å². The number of benzene rings is 2. The molecule has 4 nitrogen and oxygen atoms in total. The zero-order chi connectivity index (χ0) is 23.6. The van der Waals surface area contributed by atoms with Gasteiger partial charge in [-0.25, -0.2) is 0 Å². The topological polar surface area (TPSA) is 41.9 Å². The van der Waals surface area contributed by atoms with E-state index in [1.54, 1.807) is 23.9 Å². The van der Waals surface area contributed by atoms with Gasteiger partial charge in [0.15, 0.2) is 0 Å². The Balaban J connectivity index is 0.000000398. The van der Waals surface area contributed by atoms with E-state index in [2.05, 4.69) is 29.2 Å². The summed E-state index contributed by atoms with van der Waals surface area (Å²) in [4.78, 5) is 3.30. The average molecular weight is 498 g/mol. The Kier molecular flexibility index (Phi) is 9.43. The van der Waals surface area contributed by atoms with Gasteiger partial charge in [-0.05, 0) is 49.7 Å². The summed E-state index contributed by atoms with van der Waals surface area (Å²) in [5.74, 6) is 2.58. The molecule has 1 N–H and O–H groups in total. The summed E-state index contributed by atoms with van der Waals surface area (Å²) in [5.41, 5.74) is 1.12. The van der Waals surface area contributed by atoms with Gasteiger partial charge in [0, 0.05) is 18.7 Å². The van der Waals surface area contributed by atoms with Crippen molar-refractivity contribution in [3.05, 3.63) is 89.2 Å². The number of aromatic hydroxyl groups is 1. The number of hydrogen-bond donors (Lipinski definition) is 1. The van der Waals surface area contributed by atoms with E-state index in [0.717, 1.165) is 47.3 Å². The van der Waals surface area contributed by atoms with Crippen LogP contribution in [0.1, 0.15) is 25.7 Å². The molecule has 180 valence electrons. The molecular weight excluding hydrogens is 466 g/mol. The Morgan fingerprint density at radius 1 is 1.03 bits per heavy atom. The van der Waals surface area contributed by atoms with Crippen LogP contribution in [0.15, 0.2) is 89.1 Å². The third-order valence-electron chi connectivity index (χ3n) is 5.96. The maximum atomic E-state index is 9.76. The summed E-state index contributed by atoms with van der Waals surface area (Å²) in [7, 11) is 0. The lowest BCUT2D eigenvalue weighted by Crippen LogP contribution is -2.32. The fourth-order valence-corrected chi connectivity index (χ4v) is 5.47. The molecule has 2 aromatic rings. The van der Waals surface area contributed by atoms with Crippen molar-refractivity contribution in [1.29, 1.82) is 0 Å². The van der Waals surface area contributed by atoms with Gasteiger partial charge >= 0.3 is 0 Å². The van der Waals surface area contributed by atoms with Gasteiger partial charge in [0.1, 0.15) is 24.2 Å². The Labute approximate surface area is 211 Å². The minimum atomic E-state index is -0.0432. The number of likely N-dealkylation sites (tertiary alicyclic amines) is 1. The molecule has 2 aromatic carbocycles. The standard InChI is InChI=1S/C22H26ClNO3S.C6H6/c23-21-18(25)9-10-19-22(21)28-15-20(27-19)16-5-4-6-17(8-7-16)26-14-13-24-11-2-1-3-12-24;1-2-4-6-5-3-1/h4-5,7-10,20,25H,1-3,6,11-15H2;1-6H/t20-;/m1./s1. The Bertz CT molecular complexity index is 989. The smallest absolute Gasteiger partial charge is 0.135 e. The molecule has 2 aliphatic heterocycles. The first kappa shape index (κ1) is 24.8. The number of hydrogen-bond acceptors (Lipinski definition) is 5. The highest BCUT2D eigenvalue weighted by Crippen LogP contribution is 2.45. The Hall–Kier alpha value is -2.34. The second-order valence-electron chi connectivity index (χ2n) is 8.46. The van der Waals surface area contributed by atoms with Crippen LogP contribution in [0.4, 0.5) is 0 Å². The Morgan fingerprint density at radius 3 is 2.50 bits per heavy atom. The van der Waals surface area contributed by atoms with Crippen LogP contribution in [0.2, 0.25) is 5.02 Å². The lowest BCUT2D eigenvalue weighted by Gasteiger charge is -2.27. The molecule has 0 spiro atoms. The lowest BCUT2D eigenvalue weighted by atomic mass is 10.1. The number of ether oxygens (including phenoxy) is 2. The molecule has 3 aliphatic rings. The largest absolute Gasteiger partial charge is 0.506 e. The minimum Gasteiger partial charge on any atom is -0.506 e. The van der Waals surface area contributed by atoms with Crippen molar-refractivity contribution >= 4 is 23.4 Å². The minimum absolute atomic E-state index is 0.0432. The molecule has 1 saturated heterocycles. The fraction of sp³-hybridized carbons (Fsp3) is 0.357. The maximum Gasteiger partial charge on any atom is 0.135 e. The van der Waals surface area contributed by atoms with Crippen LogP contribution in [0.3, 0.4) is 0 Å². The summed E-state index contributed by atoms with van der Waals surface area (Å²) >= 11 is 7.80. The zero-order valence-corrected chi connectivity index (χ0v) is 20.9. The van der Waals surface area contributed by atoms with Gasteiger partial charge in [0.05, 0.1) is 15.7 Å². The molecule has 0 bridgehead atoms. The number of rotatable bonds is 5. The predicted octanol–water partition coefficient (Wildman–Crippen LogP) is 6.86. The van der Waals surface area contributed by atoms with E-state index < -0.39 is 0 Å². The fourth-order valence-electron chi connectivity index (χ4n) is 4.09. The monoisotopic (exact) mass is 497 g/mol. The number of allylic oxidation sites excluding steroid dienone is 3. The highest BCUT2D eigenvalue weighted by atomic mass is 35.5. The highest BCUT2D eigenvalue weighted by Gasteiger charge is 2.25. The van der Waals surface area contributed by atoms with E-state index in [1.807, 2.05) is 36.4 Å². The third-order valence-corrected chi connectivity index (χ3v) is 7.62. The number of piperidine rings is 1. The molecule has 5 rings (SSSR count). The van der Waals surface area contributed by atoms with Crippen molar-refractivity contribution in [1.82, 2.24) is 4.90 Å². The molecule has 0 amide bonds. The van der Waals surface area contributed by atoms with E-state index in [1.165, 1.54) is 32.4 Å². The van der Waals surface area contributed by atoms with Crippen LogP contribution < -0.4 is 4.74 Å². The number of thioether (sulfide) groups is 1. The number of fused-ring (bicyclic) bond motifs is 1. The molecule has 1 atom stereocenters. The van der Waals surface area contributed by atoms with E-state index in [0.29, 0.717) is 5.02 Å². The van der Waals surface area contributed by atoms with Crippen LogP contribution in [0, 0.1) is 0 Å². The first-order valence-electron chi connectivity index (χ1n) is 11.9. The predicted molar refractivity (Wildman–Crippen MR) is 141 cm³/mol. The summed E-state index contributed by atoms with van der Waals surface area (Å²) in [6, 6.07) is 15.4. The summed E-state index contributed by atoms with van der Waals surface area (Å²) < 4.78 is 12.2. The summed E-state index contributed by atoms with van der Waals surface area (Å²) in [6.07, 6.45) is 13.2. The first-order valence-corrected chi connectivity index (χ1v) is 13.3. The van der Waals surface area contributed by atoms with Gasteiger partial charge in [-0.1, -0.05) is 72.6 Å². The van der Waals surface area contributed by atoms with Gasteiger partial charge in [-0.2, -0.15) is 0 Å². The average Bonchev–Trinajstić information content (AvgIpc) is 3.14. The van der Waals surface area contributed by atoms with Gasteiger partial charge < -0.3 is 14.6 Å². The van der Waals surface area contributed by atoms with Crippen LogP contribution in [0.5, 0.6) is 11.5 Å². The second kappa shape index (κ2) is 12.9. The quantitative estimate of drug-likeness (QED) is 0.488. The number of halogens is 1. The van der Waals surface area contributed by atoms with Crippen molar-refractivity contribution < 1.29 is 14.6 Å². The van der Waals surface area contributed by atoms with Crippen molar-refractivity contribution in [2.45, 2.75) is 36.7 Å². The van der Waals surface area contributed by atoms with E-state index >= 15 is 0 Å². The van der Waals surface area contributed by atoms with Crippen LogP contribution in [-0.4, -0.2) is 48.1 Å². The molecule has 0 unspecified atom stereocenters. The number of phenolic OH excluding ortho intramolecular Hbond substituents is 1. The molecule has 1 aliphatic carbocycles. The molecule has 1 fully saturated rings. The third kappa shape index (κ3) is 7.08. The van der Waals surface area contributed by atoms with Crippen LogP contribution in [0.25, 0.3) is 0 Å². The van der Waals surface area contributed by atoms with Gasteiger partial charge in [-0.15, -0.1) is 11.8 Å². The van der Waals surface area contributed by atoms with E-state index in [-0.39, 0.29) is 11.9 Å². The molecule has 34 heavy (non-hydrogen) atoms. The van der Waals surface area contributed by atoms with E-state index in [9.17, 15) is 5.11 Å². The number of nitrogens with zero attached hydrogens (tertiary/aromatic N) is 1. The highest BCUT2D eigenvalue weighted by molar-refractivity contribution is 7.99. The molecule has 0 radical (unpaired) electrons. The van der Waals surface area contributed by atoms with Crippen molar-refractivity contribution in [3.8, 4) is 11.5 Å². The Morgan fingerprint density at radius 2 is 1.76 bits per heavy atom. The van der Waals surface area contributed by atoms with Crippen LogP contribution in [-0.2, 0) is 4.74 Å². The molecule has 6 heteroatoms. The van der Waals surface area contributed by atoms with Crippen molar-refractivity contribution in [2.24, 2.45) is 0 Å². The molecular formula is C28H32ClNO3S. The lowest BCUT2D eigenvalue weighted by molar-refractivity contribution is 0.141. The van der Waals surface area contributed by atoms with Gasteiger partial charge in [-0.3, -0.25) is 4.90 Å². The SMILES string of the molecule is Oc1ccc2c(c1Cl)SC[C@H](C1=CC=C(OCCN3CCCCC3)CC=C1)O2.c1ccccc1. The number of phenols is 1. The summed E-state index contributed by atoms with van der Waals surface area (Å²) in [6.45, 7) is 4.15. The summed E-state index contributed by atoms with van der Waals surface area (Å²) in [5, 5.41) is 10.1. The second-order valence-corrected chi connectivity index (χ2v) is 9.86. The maximum absolute atomic E-state index is 9.76. The molecule has 0 saturated carbocycles. The van der Waals surface area contributed by atoms with Gasteiger partial charge in [0.25, 0.3) is 0 Å². The van der Waals surface area contributed by atoms with Crippen LogP contribution >= 0.6 is 23.4 Å². The zero-order valence-electron chi connectivity index (χ0n) is 19.4.